The lowest BCUT2D eigenvalue weighted by molar-refractivity contribution is -0.149. The molecular weight excluding hydrogens is 240 g/mol. The Morgan fingerprint density at radius 1 is 1.42 bits per heavy atom. The van der Waals surface area contributed by atoms with Crippen LogP contribution in [0.1, 0.15) is 32.4 Å². The predicted octanol–water partition coefficient (Wildman–Crippen LogP) is 2.29. The first kappa shape index (κ1) is 15.6. The van der Waals surface area contributed by atoms with E-state index in [0.717, 1.165) is 31.5 Å². The number of ether oxygens (including phenoxy) is 1. The van der Waals surface area contributed by atoms with Crippen molar-refractivity contribution in [3.8, 4) is 0 Å². The number of hydrogen-bond acceptors (Lipinski definition) is 4. The summed E-state index contributed by atoms with van der Waals surface area (Å²) in [7, 11) is 1.97. The van der Waals surface area contributed by atoms with Gasteiger partial charge < -0.3 is 4.74 Å². The van der Waals surface area contributed by atoms with Gasteiger partial charge in [0.25, 0.3) is 0 Å². The number of nitrogens with zero attached hydrogens (tertiary/aromatic N) is 2. The molecule has 1 aromatic rings. The van der Waals surface area contributed by atoms with Gasteiger partial charge in [0.15, 0.2) is 0 Å². The summed E-state index contributed by atoms with van der Waals surface area (Å²) in [6, 6.07) is 5.75. The van der Waals surface area contributed by atoms with Crippen molar-refractivity contribution in [1.82, 2.24) is 9.88 Å². The topological polar surface area (TPSA) is 42.4 Å². The third-order valence-corrected chi connectivity index (χ3v) is 3.10. The van der Waals surface area contributed by atoms with Crippen LogP contribution < -0.4 is 0 Å². The second kappa shape index (κ2) is 8.64. The number of likely N-dealkylation sites (N-methyl/N-ethyl adjacent to an activating group) is 1. The Morgan fingerprint density at radius 2 is 2.21 bits per heavy atom. The van der Waals surface area contributed by atoms with Crippen LogP contribution in [-0.4, -0.2) is 42.1 Å². The minimum absolute atomic E-state index is 0.118. The van der Waals surface area contributed by atoms with E-state index in [4.69, 9.17) is 4.74 Å². The number of rotatable bonds is 8. The standard InChI is InChI=1S/C15H24N2O2/c1-4-8-14(15(18)19-5-2)17(3)12-10-13-9-6-7-11-16-13/h6-7,9,11,14H,4-5,8,10,12H2,1-3H3. The van der Waals surface area contributed by atoms with Gasteiger partial charge in [-0.2, -0.15) is 0 Å². The summed E-state index contributed by atoms with van der Waals surface area (Å²) in [6.07, 6.45) is 4.44. The molecule has 1 unspecified atom stereocenters. The van der Waals surface area contributed by atoms with Crippen LogP contribution in [0.5, 0.6) is 0 Å². The van der Waals surface area contributed by atoms with Crippen LogP contribution in [0, 0.1) is 0 Å². The van der Waals surface area contributed by atoms with Gasteiger partial charge in [-0.3, -0.25) is 14.7 Å². The highest BCUT2D eigenvalue weighted by atomic mass is 16.5. The van der Waals surface area contributed by atoms with Crippen molar-refractivity contribution >= 4 is 5.97 Å². The van der Waals surface area contributed by atoms with Crippen LogP contribution >= 0.6 is 0 Å². The average molecular weight is 264 g/mol. The van der Waals surface area contributed by atoms with Gasteiger partial charge in [-0.15, -0.1) is 0 Å². The maximum absolute atomic E-state index is 11.9. The Labute approximate surface area is 115 Å². The molecule has 0 saturated carbocycles. The van der Waals surface area contributed by atoms with Gasteiger partial charge in [-0.1, -0.05) is 19.4 Å². The third-order valence-electron chi connectivity index (χ3n) is 3.10. The first-order valence-electron chi connectivity index (χ1n) is 6.95. The maximum Gasteiger partial charge on any atom is 0.323 e. The summed E-state index contributed by atoms with van der Waals surface area (Å²) in [5.74, 6) is -0.118. The summed E-state index contributed by atoms with van der Waals surface area (Å²) in [6.45, 7) is 5.17. The van der Waals surface area contributed by atoms with Crippen molar-refractivity contribution in [3.63, 3.8) is 0 Å². The molecule has 0 aliphatic heterocycles. The van der Waals surface area contributed by atoms with E-state index in [2.05, 4.69) is 16.8 Å². The molecule has 0 fully saturated rings. The molecule has 0 radical (unpaired) electrons. The molecule has 4 nitrogen and oxygen atoms in total. The van der Waals surface area contributed by atoms with Crippen LogP contribution in [0.2, 0.25) is 0 Å². The zero-order valence-electron chi connectivity index (χ0n) is 12.1. The number of esters is 1. The minimum atomic E-state index is -0.145. The number of hydrogen-bond donors (Lipinski definition) is 0. The van der Waals surface area contributed by atoms with Crippen molar-refractivity contribution in [2.75, 3.05) is 20.2 Å². The largest absolute Gasteiger partial charge is 0.465 e. The van der Waals surface area contributed by atoms with Gasteiger partial charge in [0, 0.05) is 24.9 Å². The number of pyridine rings is 1. The van der Waals surface area contributed by atoms with Crippen molar-refractivity contribution in [1.29, 1.82) is 0 Å². The van der Waals surface area contributed by atoms with Gasteiger partial charge in [0.2, 0.25) is 0 Å². The summed E-state index contributed by atoms with van der Waals surface area (Å²) >= 11 is 0. The Morgan fingerprint density at radius 3 is 2.79 bits per heavy atom. The van der Waals surface area contributed by atoms with E-state index in [1.807, 2.05) is 32.2 Å². The van der Waals surface area contributed by atoms with Crippen molar-refractivity contribution in [2.45, 2.75) is 39.2 Å². The molecule has 0 bridgehead atoms. The van der Waals surface area contributed by atoms with Crippen LogP contribution in [0.15, 0.2) is 24.4 Å². The Kier molecular flexibility index (Phi) is 7.11. The molecule has 0 spiro atoms. The molecule has 0 aliphatic carbocycles. The lowest BCUT2D eigenvalue weighted by atomic mass is 10.1. The molecule has 1 aromatic heterocycles. The molecule has 0 aromatic carbocycles. The minimum Gasteiger partial charge on any atom is -0.465 e. The quantitative estimate of drug-likeness (QED) is 0.676. The third kappa shape index (κ3) is 5.39. The smallest absolute Gasteiger partial charge is 0.323 e. The number of carbonyl (C=O) groups excluding carboxylic acids is 1. The van der Waals surface area contributed by atoms with E-state index in [1.165, 1.54) is 0 Å². The highest BCUT2D eigenvalue weighted by molar-refractivity contribution is 5.75. The molecule has 19 heavy (non-hydrogen) atoms. The Bertz CT molecular complexity index is 368. The molecule has 0 aliphatic rings. The SMILES string of the molecule is CCCC(C(=O)OCC)N(C)CCc1ccccn1. The summed E-state index contributed by atoms with van der Waals surface area (Å²) in [5, 5.41) is 0. The highest BCUT2D eigenvalue weighted by Crippen LogP contribution is 2.08. The van der Waals surface area contributed by atoms with E-state index in [-0.39, 0.29) is 12.0 Å². The van der Waals surface area contributed by atoms with Crippen LogP contribution in [0.4, 0.5) is 0 Å². The molecule has 1 heterocycles. The lowest BCUT2D eigenvalue weighted by Gasteiger charge is -2.25. The van der Waals surface area contributed by atoms with E-state index in [9.17, 15) is 4.79 Å². The van der Waals surface area contributed by atoms with Gasteiger partial charge in [0.05, 0.1) is 6.61 Å². The summed E-state index contributed by atoms with van der Waals surface area (Å²) < 4.78 is 5.13. The fourth-order valence-corrected chi connectivity index (χ4v) is 2.02. The van der Waals surface area contributed by atoms with Gasteiger partial charge >= 0.3 is 5.97 Å². The van der Waals surface area contributed by atoms with E-state index in [1.54, 1.807) is 6.20 Å². The highest BCUT2D eigenvalue weighted by Gasteiger charge is 2.23. The lowest BCUT2D eigenvalue weighted by Crippen LogP contribution is -2.40. The number of aromatic nitrogens is 1. The molecular formula is C15H24N2O2. The van der Waals surface area contributed by atoms with Crippen molar-refractivity contribution < 1.29 is 9.53 Å². The maximum atomic E-state index is 11.9. The first-order valence-corrected chi connectivity index (χ1v) is 6.95. The van der Waals surface area contributed by atoms with Gasteiger partial charge in [-0.25, -0.2) is 0 Å². The molecule has 1 atom stereocenters. The first-order chi connectivity index (χ1) is 9.19. The summed E-state index contributed by atoms with van der Waals surface area (Å²) in [5.41, 5.74) is 1.05. The molecule has 0 saturated heterocycles. The molecule has 0 N–H and O–H groups in total. The predicted molar refractivity (Wildman–Crippen MR) is 75.9 cm³/mol. The fourth-order valence-electron chi connectivity index (χ4n) is 2.02. The van der Waals surface area contributed by atoms with Crippen LogP contribution in [0.3, 0.4) is 0 Å². The second-order valence-corrected chi connectivity index (χ2v) is 4.61. The normalized spacial score (nSPS) is 12.4. The van der Waals surface area contributed by atoms with Crippen molar-refractivity contribution in [3.05, 3.63) is 30.1 Å². The van der Waals surface area contributed by atoms with Crippen molar-refractivity contribution in [2.24, 2.45) is 0 Å². The van der Waals surface area contributed by atoms with Crippen LogP contribution in [0.25, 0.3) is 0 Å². The molecule has 0 amide bonds. The van der Waals surface area contributed by atoms with Gasteiger partial charge in [-0.05, 0) is 32.5 Å². The fraction of sp³-hybridized carbons (Fsp3) is 0.600. The van der Waals surface area contributed by atoms with E-state index in [0.29, 0.717) is 6.61 Å². The molecule has 106 valence electrons. The number of carbonyl (C=O) groups is 1. The van der Waals surface area contributed by atoms with E-state index >= 15 is 0 Å². The molecule has 4 heteroatoms. The van der Waals surface area contributed by atoms with Gasteiger partial charge in [0.1, 0.15) is 6.04 Å². The van der Waals surface area contributed by atoms with E-state index < -0.39 is 0 Å². The Hall–Kier alpha value is -1.42. The average Bonchev–Trinajstić information content (AvgIpc) is 2.43. The zero-order chi connectivity index (χ0) is 14.1. The van der Waals surface area contributed by atoms with Crippen LogP contribution in [-0.2, 0) is 16.0 Å². The zero-order valence-corrected chi connectivity index (χ0v) is 12.1. The Balaban J connectivity index is 2.52. The molecule has 1 rings (SSSR count). The summed E-state index contributed by atoms with van der Waals surface area (Å²) in [4.78, 5) is 18.3. The second-order valence-electron chi connectivity index (χ2n) is 4.61. The monoisotopic (exact) mass is 264 g/mol.